The van der Waals surface area contributed by atoms with E-state index in [-0.39, 0.29) is 24.5 Å². The largest absolute Gasteiger partial charge is 0.493 e. The minimum Gasteiger partial charge on any atom is -0.493 e. The third kappa shape index (κ3) is 2.28. The van der Waals surface area contributed by atoms with Crippen LogP contribution in [0.5, 0.6) is 5.75 Å². The Kier molecular flexibility index (Phi) is 4.11. The highest BCUT2D eigenvalue weighted by Crippen LogP contribution is 2.22. The molecule has 0 saturated carbocycles. The van der Waals surface area contributed by atoms with E-state index in [0.717, 1.165) is 0 Å². The number of carbonyl (C=O) groups excluding carboxylic acids is 1. The van der Waals surface area contributed by atoms with Crippen molar-refractivity contribution in [2.45, 2.75) is 14.4 Å². The van der Waals surface area contributed by atoms with Gasteiger partial charge in [0.25, 0.3) is 0 Å². The van der Waals surface area contributed by atoms with Gasteiger partial charge in [-0.25, -0.2) is 4.39 Å². The van der Waals surface area contributed by atoms with Crippen LogP contribution < -0.4 is 4.74 Å². The molecule has 2 nitrogen and oxygen atoms in total. The highest BCUT2D eigenvalue weighted by Gasteiger charge is 2.11. The SMILES string of the molecule is C.COc1c(F)cccc1C(C)=O. The number of hydrogen-bond acceptors (Lipinski definition) is 2. The Hall–Kier alpha value is -1.38. The van der Waals surface area contributed by atoms with Crippen molar-refractivity contribution in [3.63, 3.8) is 0 Å². The first-order valence-corrected chi connectivity index (χ1v) is 3.50. The Morgan fingerprint density at radius 1 is 1.46 bits per heavy atom. The van der Waals surface area contributed by atoms with Crippen LogP contribution in [0.2, 0.25) is 0 Å². The summed E-state index contributed by atoms with van der Waals surface area (Å²) in [5.74, 6) is -0.693. The number of para-hydroxylation sites is 1. The summed E-state index contributed by atoms with van der Waals surface area (Å²) in [6, 6.07) is 4.27. The fourth-order valence-electron chi connectivity index (χ4n) is 0.994. The zero-order valence-electron chi connectivity index (χ0n) is 6.93. The third-order valence-electron chi connectivity index (χ3n) is 1.55. The second-order valence-corrected chi connectivity index (χ2v) is 2.38. The molecule has 0 aliphatic rings. The molecule has 1 rings (SSSR count). The molecule has 72 valence electrons. The highest BCUT2D eigenvalue weighted by molar-refractivity contribution is 5.96. The minimum atomic E-state index is -0.509. The van der Waals surface area contributed by atoms with Crippen molar-refractivity contribution < 1.29 is 13.9 Å². The Bertz CT molecular complexity index is 308. The van der Waals surface area contributed by atoms with Crippen LogP contribution in [-0.2, 0) is 0 Å². The van der Waals surface area contributed by atoms with Crippen LogP contribution in [0.25, 0.3) is 0 Å². The molecule has 1 aromatic carbocycles. The van der Waals surface area contributed by atoms with E-state index in [1.165, 1.54) is 32.2 Å². The lowest BCUT2D eigenvalue weighted by atomic mass is 10.1. The molecule has 0 saturated heterocycles. The topological polar surface area (TPSA) is 26.3 Å². The summed E-state index contributed by atoms with van der Waals surface area (Å²) >= 11 is 0. The molecule has 13 heavy (non-hydrogen) atoms. The first-order valence-electron chi connectivity index (χ1n) is 3.50. The first kappa shape index (κ1) is 11.6. The van der Waals surface area contributed by atoms with Crippen LogP contribution >= 0.6 is 0 Å². The molecule has 0 bridgehead atoms. The lowest BCUT2D eigenvalue weighted by molar-refractivity contribution is 0.101. The van der Waals surface area contributed by atoms with Gasteiger partial charge in [0.2, 0.25) is 0 Å². The molecule has 0 amide bonds. The number of halogens is 1. The number of ether oxygens (including phenoxy) is 1. The van der Waals surface area contributed by atoms with Gasteiger partial charge in [0.05, 0.1) is 12.7 Å². The molecule has 0 unspecified atom stereocenters. The van der Waals surface area contributed by atoms with Crippen LogP contribution in [0.1, 0.15) is 24.7 Å². The second-order valence-electron chi connectivity index (χ2n) is 2.38. The second kappa shape index (κ2) is 4.60. The van der Waals surface area contributed by atoms with Gasteiger partial charge < -0.3 is 4.74 Å². The molecule has 0 aromatic heterocycles. The summed E-state index contributed by atoms with van der Waals surface area (Å²) in [6.45, 7) is 1.37. The van der Waals surface area contributed by atoms with E-state index in [1.54, 1.807) is 0 Å². The van der Waals surface area contributed by atoms with Crippen molar-refractivity contribution in [1.82, 2.24) is 0 Å². The Labute approximate surface area is 77.3 Å². The molecular weight excluding hydrogens is 171 g/mol. The molecule has 0 aliphatic carbocycles. The fourth-order valence-corrected chi connectivity index (χ4v) is 0.994. The number of benzene rings is 1. The zero-order chi connectivity index (χ0) is 9.14. The quantitative estimate of drug-likeness (QED) is 0.660. The van der Waals surface area contributed by atoms with Crippen LogP contribution in [0, 0.1) is 5.82 Å². The van der Waals surface area contributed by atoms with Crippen LogP contribution in [0.3, 0.4) is 0 Å². The number of rotatable bonds is 2. The van der Waals surface area contributed by atoms with E-state index < -0.39 is 5.82 Å². The molecular formula is C10H13FO2. The maximum absolute atomic E-state index is 12.9. The summed E-state index contributed by atoms with van der Waals surface area (Å²) < 4.78 is 17.7. The summed E-state index contributed by atoms with van der Waals surface area (Å²) in [7, 11) is 1.34. The first-order chi connectivity index (χ1) is 5.66. The molecule has 1 aromatic rings. The van der Waals surface area contributed by atoms with E-state index in [4.69, 9.17) is 4.74 Å². The summed E-state index contributed by atoms with van der Waals surface area (Å²) in [6.07, 6.45) is 0. The average Bonchev–Trinajstić information content (AvgIpc) is 2.03. The van der Waals surface area contributed by atoms with Gasteiger partial charge in [-0.3, -0.25) is 4.79 Å². The highest BCUT2D eigenvalue weighted by atomic mass is 19.1. The van der Waals surface area contributed by atoms with Gasteiger partial charge in [0.15, 0.2) is 17.3 Å². The maximum atomic E-state index is 12.9. The summed E-state index contributed by atoms with van der Waals surface area (Å²) in [5.41, 5.74) is 0.275. The predicted octanol–water partition coefficient (Wildman–Crippen LogP) is 2.67. The molecule has 0 radical (unpaired) electrons. The average molecular weight is 184 g/mol. The standard InChI is InChI=1S/C9H9FO2.CH4/c1-6(11)7-4-3-5-8(10)9(7)12-2;/h3-5H,1-2H3;1H4. The summed E-state index contributed by atoms with van der Waals surface area (Å²) in [5, 5.41) is 0. The van der Waals surface area contributed by atoms with Crippen molar-refractivity contribution in [2.75, 3.05) is 7.11 Å². The van der Waals surface area contributed by atoms with Gasteiger partial charge in [-0.05, 0) is 19.1 Å². The number of ketones is 1. The van der Waals surface area contributed by atoms with Crippen LogP contribution in [-0.4, -0.2) is 12.9 Å². The third-order valence-corrected chi connectivity index (χ3v) is 1.55. The van der Waals surface area contributed by atoms with Gasteiger partial charge in [-0.1, -0.05) is 13.5 Å². The van der Waals surface area contributed by atoms with Crippen molar-refractivity contribution in [1.29, 1.82) is 0 Å². The fraction of sp³-hybridized carbons (Fsp3) is 0.300. The smallest absolute Gasteiger partial charge is 0.165 e. The Morgan fingerprint density at radius 3 is 2.46 bits per heavy atom. The predicted molar refractivity (Wildman–Crippen MR) is 49.7 cm³/mol. The number of methoxy groups -OCH3 is 1. The molecule has 0 spiro atoms. The molecule has 0 N–H and O–H groups in total. The van der Waals surface area contributed by atoms with Gasteiger partial charge in [-0.2, -0.15) is 0 Å². The van der Waals surface area contributed by atoms with Crippen LogP contribution in [0.4, 0.5) is 4.39 Å². The van der Waals surface area contributed by atoms with Crippen molar-refractivity contribution >= 4 is 5.78 Å². The van der Waals surface area contributed by atoms with E-state index >= 15 is 0 Å². The van der Waals surface area contributed by atoms with E-state index in [1.807, 2.05) is 0 Å². The minimum absolute atomic E-state index is 0. The van der Waals surface area contributed by atoms with E-state index in [2.05, 4.69) is 0 Å². The van der Waals surface area contributed by atoms with Gasteiger partial charge in [0.1, 0.15) is 0 Å². The Balaban J connectivity index is 0.00000144. The lowest BCUT2D eigenvalue weighted by Gasteiger charge is -2.05. The molecule has 0 fully saturated rings. The van der Waals surface area contributed by atoms with Crippen molar-refractivity contribution in [3.05, 3.63) is 29.6 Å². The van der Waals surface area contributed by atoms with Gasteiger partial charge >= 0.3 is 0 Å². The summed E-state index contributed by atoms with van der Waals surface area (Å²) in [4.78, 5) is 10.9. The van der Waals surface area contributed by atoms with E-state index in [0.29, 0.717) is 0 Å². The molecule has 0 heterocycles. The Morgan fingerprint density at radius 2 is 2.08 bits per heavy atom. The lowest BCUT2D eigenvalue weighted by Crippen LogP contribution is -1.99. The van der Waals surface area contributed by atoms with Gasteiger partial charge in [0, 0.05) is 0 Å². The number of Topliss-reactive ketones (excluding diaryl/α,β-unsaturated/α-hetero) is 1. The van der Waals surface area contributed by atoms with Crippen molar-refractivity contribution in [2.24, 2.45) is 0 Å². The number of hydrogen-bond donors (Lipinski definition) is 0. The van der Waals surface area contributed by atoms with Crippen LogP contribution in [0.15, 0.2) is 18.2 Å². The zero-order valence-corrected chi connectivity index (χ0v) is 6.93. The molecule has 0 aliphatic heterocycles. The molecule has 3 heteroatoms. The van der Waals surface area contributed by atoms with E-state index in [9.17, 15) is 9.18 Å². The maximum Gasteiger partial charge on any atom is 0.165 e. The molecule has 0 atom stereocenters. The number of carbonyl (C=O) groups is 1. The van der Waals surface area contributed by atoms with Gasteiger partial charge in [-0.15, -0.1) is 0 Å². The monoisotopic (exact) mass is 184 g/mol. The van der Waals surface area contributed by atoms with Crippen molar-refractivity contribution in [3.8, 4) is 5.75 Å². The normalized spacial score (nSPS) is 8.85.